The van der Waals surface area contributed by atoms with E-state index in [1.54, 1.807) is 0 Å². The Morgan fingerprint density at radius 3 is 2.67 bits per heavy atom. The molecule has 1 N–H and O–H groups in total. The van der Waals surface area contributed by atoms with E-state index in [1.807, 2.05) is 20.0 Å². The van der Waals surface area contributed by atoms with Crippen LogP contribution in [0, 0.1) is 24.0 Å². The number of aromatic nitrogens is 1. The lowest BCUT2D eigenvalue weighted by molar-refractivity contribution is -0.400. The summed E-state index contributed by atoms with van der Waals surface area (Å²) in [4.78, 5) is 12.5. The van der Waals surface area contributed by atoms with Gasteiger partial charge in [0, 0.05) is 23.5 Å². The lowest BCUT2D eigenvalue weighted by Gasteiger charge is -1.89. The summed E-state index contributed by atoms with van der Waals surface area (Å²) in [7, 11) is 0. The van der Waals surface area contributed by atoms with Crippen LogP contribution < -0.4 is 0 Å². The minimum absolute atomic E-state index is 0.466. The molecule has 64 valence electrons. The largest absolute Gasteiger partial charge is 0.364 e. The predicted molar refractivity (Wildman–Crippen MR) is 46.3 cm³/mol. The van der Waals surface area contributed by atoms with Crippen LogP contribution in [-0.4, -0.2) is 9.91 Å². The molecule has 0 saturated heterocycles. The Bertz CT molecular complexity index is 306. The molecule has 0 radical (unpaired) electrons. The smallest absolute Gasteiger partial charge is 0.235 e. The molecule has 1 heterocycles. The van der Waals surface area contributed by atoms with Gasteiger partial charge in [0.15, 0.2) is 0 Å². The van der Waals surface area contributed by atoms with Crippen LogP contribution in [0.5, 0.6) is 0 Å². The zero-order valence-electron chi connectivity index (χ0n) is 7.00. The van der Waals surface area contributed by atoms with E-state index in [0.717, 1.165) is 23.0 Å². The number of rotatable bonds is 2. The molecule has 12 heavy (non-hydrogen) atoms. The number of nitro groups is 1. The summed E-state index contributed by atoms with van der Waals surface area (Å²) in [5, 5.41) is 10.0. The minimum atomic E-state index is -0.466. The maximum absolute atomic E-state index is 10.0. The number of aromatic amines is 1. The van der Waals surface area contributed by atoms with Crippen molar-refractivity contribution >= 4 is 6.08 Å². The van der Waals surface area contributed by atoms with Crippen LogP contribution in [0.4, 0.5) is 0 Å². The molecule has 1 aromatic heterocycles. The van der Waals surface area contributed by atoms with Gasteiger partial charge in [0.25, 0.3) is 0 Å². The van der Waals surface area contributed by atoms with Crippen LogP contribution in [0.1, 0.15) is 16.8 Å². The third-order valence-electron chi connectivity index (χ3n) is 1.70. The van der Waals surface area contributed by atoms with Crippen LogP contribution in [0.3, 0.4) is 0 Å². The van der Waals surface area contributed by atoms with Crippen LogP contribution in [0.2, 0.25) is 0 Å². The fourth-order valence-electron chi connectivity index (χ4n) is 1.06. The molecule has 0 atom stereocenters. The number of H-pyrrole nitrogens is 1. The molecule has 0 spiro atoms. The van der Waals surface area contributed by atoms with E-state index in [4.69, 9.17) is 0 Å². The van der Waals surface area contributed by atoms with Gasteiger partial charge in [-0.3, -0.25) is 10.1 Å². The van der Waals surface area contributed by atoms with Gasteiger partial charge in [-0.05, 0) is 19.4 Å². The summed E-state index contributed by atoms with van der Waals surface area (Å²) in [6.45, 7) is 3.79. The summed E-state index contributed by atoms with van der Waals surface area (Å²) in [6.07, 6.45) is 4.28. The molecule has 0 aromatic carbocycles. The summed E-state index contributed by atoms with van der Waals surface area (Å²) in [6, 6.07) is 0. The average molecular weight is 166 g/mol. The first-order valence-corrected chi connectivity index (χ1v) is 3.57. The molecule has 0 aliphatic rings. The Morgan fingerprint density at radius 2 is 2.25 bits per heavy atom. The van der Waals surface area contributed by atoms with Crippen molar-refractivity contribution in [3.05, 3.63) is 39.3 Å². The molecular formula is C8H10N2O2. The molecule has 0 amide bonds. The lowest BCUT2D eigenvalue weighted by Crippen LogP contribution is -1.83. The van der Waals surface area contributed by atoms with E-state index in [-0.39, 0.29) is 0 Å². The van der Waals surface area contributed by atoms with Gasteiger partial charge in [0.1, 0.15) is 0 Å². The monoisotopic (exact) mass is 166 g/mol. The van der Waals surface area contributed by atoms with Crippen LogP contribution >= 0.6 is 0 Å². The zero-order chi connectivity index (χ0) is 9.14. The summed E-state index contributed by atoms with van der Waals surface area (Å²) in [5.41, 5.74) is 2.86. The second-order valence-corrected chi connectivity index (χ2v) is 2.61. The molecule has 0 saturated carbocycles. The Labute approximate surface area is 70.1 Å². The Morgan fingerprint density at radius 1 is 1.58 bits per heavy atom. The highest BCUT2D eigenvalue weighted by Crippen LogP contribution is 2.13. The van der Waals surface area contributed by atoms with Crippen molar-refractivity contribution in [1.29, 1.82) is 0 Å². The zero-order valence-corrected chi connectivity index (χ0v) is 7.00. The average Bonchev–Trinajstić information content (AvgIpc) is 2.28. The van der Waals surface area contributed by atoms with Gasteiger partial charge in [-0.1, -0.05) is 0 Å². The van der Waals surface area contributed by atoms with Gasteiger partial charge in [-0.2, -0.15) is 0 Å². The second-order valence-electron chi connectivity index (χ2n) is 2.61. The van der Waals surface area contributed by atoms with E-state index in [9.17, 15) is 10.1 Å². The highest BCUT2D eigenvalue weighted by atomic mass is 16.6. The number of hydrogen-bond donors (Lipinski definition) is 1. The Hall–Kier alpha value is -1.58. The quantitative estimate of drug-likeness (QED) is 0.538. The van der Waals surface area contributed by atoms with Crippen molar-refractivity contribution < 1.29 is 4.92 Å². The molecule has 4 nitrogen and oxygen atoms in total. The fraction of sp³-hybridized carbons (Fsp3) is 0.250. The molecule has 0 fully saturated rings. The Kier molecular flexibility index (Phi) is 2.28. The number of nitrogens with one attached hydrogen (secondary N) is 1. The summed E-state index contributed by atoms with van der Waals surface area (Å²) in [5.74, 6) is 0. The molecule has 4 heteroatoms. The first-order valence-electron chi connectivity index (χ1n) is 3.57. The van der Waals surface area contributed by atoms with Gasteiger partial charge in [0.2, 0.25) is 6.20 Å². The normalized spacial score (nSPS) is 10.8. The van der Waals surface area contributed by atoms with E-state index in [1.165, 1.54) is 6.08 Å². The van der Waals surface area contributed by atoms with Gasteiger partial charge in [0.05, 0.1) is 4.92 Å². The topological polar surface area (TPSA) is 58.9 Å². The van der Waals surface area contributed by atoms with Gasteiger partial charge >= 0.3 is 0 Å². The van der Waals surface area contributed by atoms with Crippen LogP contribution in [0.25, 0.3) is 6.08 Å². The molecule has 1 rings (SSSR count). The SMILES string of the molecule is Cc1c[nH]c(C)c1C=C[N+](=O)[O-]. The minimum Gasteiger partial charge on any atom is -0.364 e. The number of nitrogens with zero attached hydrogens (tertiary/aromatic N) is 1. The number of aryl methyl sites for hydroxylation is 2. The summed E-state index contributed by atoms with van der Waals surface area (Å²) >= 11 is 0. The maximum atomic E-state index is 10.0. The highest BCUT2D eigenvalue weighted by molar-refractivity contribution is 5.55. The fourth-order valence-corrected chi connectivity index (χ4v) is 1.06. The third kappa shape index (κ3) is 1.72. The lowest BCUT2D eigenvalue weighted by atomic mass is 10.2. The first-order chi connectivity index (χ1) is 5.61. The molecule has 0 aliphatic heterocycles. The maximum Gasteiger partial charge on any atom is 0.235 e. The van der Waals surface area contributed by atoms with E-state index in [2.05, 4.69) is 4.98 Å². The van der Waals surface area contributed by atoms with Gasteiger partial charge in [-0.25, -0.2) is 0 Å². The predicted octanol–water partition coefficient (Wildman–Crippen LogP) is 1.88. The Balaban J connectivity index is 2.95. The van der Waals surface area contributed by atoms with Crippen molar-refractivity contribution in [2.75, 3.05) is 0 Å². The van der Waals surface area contributed by atoms with Crippen molar-refractivity contribution in [2.45, 2.75) is 13.8 Å². The van der Waals surface area contributed by atoms with Crippen molar-refractivity contribution in [3.63, 3.8) is 0 Å². The van der Waals surface area contributed by atoms with E-state index >= 15 is 0 Å². The second kappa shape index (κ2) is 3.21. The van der Waals surface area contributed by atoms with E-state index < -0.39 is 4.92 Å². The summed E-state index contributed by atoms with van der Waals surface area (Å²) < 4.78 is 0. The highest BCUT2D eigenvalue weighted by Gasteiger charge is 2.00. The third-order valence-corrected chi connectivity index (χ3v) is 1.70. The standard InChI is InChI=1S/C8H10N2O2/c1-6-5-9-7(2)8(6)3-4-10(11)12/h3-5,9H,1-2H3. The van der Waals surface area contributed by atoms with Crippen molar-refractivity contribution in [1.82, 2.24) is 4.98 Å². The van der Waals surface area contributed by atoms with Gasteiger partial charge < -0.3 is 4.98 Å². The molecular weight excluding hydrogens is 156 g/mol. The van der Waals surface area contributed by atoms with Crippen LogP contribution in [0.15, 0.2) is 12.4 Å². The molecule has 1 aromatic rings. The molecule has 0 unspecified atom stereocenters. The molecule has 0 aliphatic carbocycles. The number of hydrogen-bond acceptors (Lipinski definition) is 2. The van der Waals surface area contributed by atoms with Crippen molar-refractivity contribution in [3.8, 4) is 0 Å². The van der Waals surface area contributed by atoms with Crippen molar-refractivity contribution in [2.24, 2.45) is 0 Å². The first kappa shape index (κ1) is 8.52. The van der Waals surface area contributed by atoms with Gasteiger partial charge in [-0.15, -0.1) is 0 Å². The van der Waals surface area contributed by atoms with Crippen LogP contribution in [-0.2, 0) is 0 Å². The van der Waals surface area contributed by atoms with E-state index in [0.29, 0.717) is 0 Å². The molecule has 0 bridgehead atoms.